The molecule has 0 aliphatic carbocycles. The smallest absolute Gasteiger partial charge is 0.246 e. The predicted molar refractivity (Wildman–Crippen MR) is 385 cm³/mol. The van der Waals surface area contributed by atoms with E-state index < -0.39 is 235 Å². The average Bonchev–Trinajstić information content (AvgIpc) is 1.68. The Morgan fingerprint density at radius 2 is 0.914 bits per heavy atom. The minimum atomic E-state index is -1.92. The summed E-state index contributed by atoms with van der Waals surface area (Å²) in [6, 6.07) is -20.9. The van der Waals surface area contributed by atoms with Gasteiger partial charge in [0.1, 0.15) is 84.6 Å². The van der Waals surface area contributed by atoms with Gasteiger partial charge in [0.25, 0.3) is 0 Å². The van der Waals surface area contributed by atoms with Gasteiger partial charge in [-0.2, -0.15) is 0 Å². The average molecular weight is 1520 g/mol. The Kier molecular flexibility index (Phi) is 34.8. The van der Waals surface area contributed by atoms with Crippen LogP contribution in [0.15, 0.2) is 4.99 Å². The minimum absolute atomic E-state index is 0.00614. The van der Waals surface area contributed by atoms with Crippen LogP contribution in [0.4, 0.5) is 0 Å². The lowest BCUT2D eigenvalue weighted by Gasteiger charge is -2.34. The van der Waals surface area contributed by atoms with Gasteiger partial charge in [-0.25, -0.2) is 0 Å². The molecule has 17 atom stereocenters. The standard InChI is InChI=1S/C66H109N19O18S2/c1-10-33(6)49-61(99)78-42-30-104-105-31-43(58(96)82-51(35(8)12-3)65(103)84-23-15-18-44(84)59(97)74-38(52(67)90)26-47(88)71-27-48(89)72-36(9)53(91)80-49)79-62(100)50(34(7)11-2)81-60(98)45-19-14-22-83(45)64(102)46-20-16-24-85(46)63(101)39(25-32(4)5)75-56(94)41(29-87)76-54(92)37(17-13-21-70-66(68)69)73-55(93)40(28-86)77-57(42)95/h32-46,49-51,86-87H,10-31H2,1-9H3,(H2,67,90)(H,71,88)(H,72,89)(H,73,93)(H,74,97)(H,75,94)(H,76,92)(H,77,95)(H,78,99)(H,79,100)(H,80,91)(H,81,98)(H,82,96)(H4,68,69,70)/t33-,34-,35-,36-,37-,38-,39-,40-,41-,42-,43-,44-,45-,46-,49-,50-,51-/m0/s1. The Balaban J connectivity index is 1.68. The number of primary amides is 1. The number of nitrogens with two attached hydrogens (primary N) is 3. The molecule has 16 amide bonds. The van der Waals surface area contributed by atoms with Crippen molar-refractivity contribution in [3.05, 3.63) is 0 Å². The first-order valence-corrected chi connectivity index (χ1v) is 38.5. The van der Waals surface area contributed by atoms with Gasteiger partial charge in [0.2, 0.25) is 94.5 Å². The largest absolute Gasteiger partial charge is 0.394 e. The van der Waals surface area contributed by atoms with E-state index in [9.17, 15) is 77.3 Å². The molecule has 588 valence electrons. The zero-order chi connectivity index (χ0) is 78.1. The molecule has 2 bridgehead atoms. The topological polar surface area (TPSA) is 558 Å². The lowest BCUT2D eigenvalue weighted by Crippen LogP contribution is -2.62. The molecule has 20 N–H and O–H groups in total. The first kappa shape index (κ1) is 87.0. The van der Waals surface area contributed by atoms with E-state index in [2.05, 4.69) is 68.8 Å². The predicted octanol–water partition coefficient (Wildman–Crippen LogP) is -6.07. The number of aliphatic hydroxyl groups is 2. The highest BCUT2D eigenvalue weighted by atomic mass is 33.1. The Morgan fingerprint density at radius 1 is 0.486 bits per heavy atom. The van der Waals surface area contributed by atoms with Gasteiger partial charge in [-0.05, 0) is 88.4 Å². The number of nitrogens with zero attached hydrogens (tertiary/aromatic N) is 4. The molecule has 5 saturated heterocycles. The van der Waals surface area contributed by atoms with E-state index in [1.54, 1.807) is 55.4 Å². The fourth-order valence-electron chi connectivity index (χ4n) is 12.7. The van der Waals surface area contributed by atoms with Gasteiger partial charge >= 0.3 is 0 Å². The minimum Gasteiger partial charge on any atom is -0.394 e. The van der Waals surface area contributed by atoms with Crippen molar-refractivity contribution in [1.29, 1.82) is 0 Å². The summed E-state index contributed by atoms with van der Waals surface area (Å²) in [6.45, 7) is 12.0. The number of hydrogen-bond donors (Lipinski definition) is 17. The Bertz CT molecular complexity index is 3180. The highest BCUT2D eigenvalue weighted by Gasteiger charge is 2.47. The number of amides is 16. The maximum Gasteiger partial charge on any atom is 0.246 e. The molecule has 0 spiro atoms. The lowest BCUT2D eigenvalue weighted by molar-refractivity contribution is -0.148. The van der Waals surface area contributed by atoms with Gasteiger partial charge in [-0.15, -0.1) is 0 Å². The number of carbonyl (C=O) groups is 16. The van der Waals surface area contributed by atoms with Gasteiger partial charge < -0.3 is 106 Å². The van der Waals surface area contributed by atoms with Crippen LogP contribution in [0, 0.1) is 23.7 Å². The van der Waals surface area contributed by atoms with Crippen molar-refractivity contribution in [2.24, 2.45) is 45.9 Å². The molecule has 105 heavy (non-hydrogen) atoms. The number of hydrogen-bond acceptors (Lipinski definition) is 21. The van der Waals surface area contributed by atoms with E-state index in [-0.39, 0.29) is 102 Å². The summed E-state index contributed by atoms with van der Waals surface area (Å²) in [5.74, 6) is -18.2. The van der Waals surface area contributed by atoms with Crippen LogP contribution in [-0.4, -0.2) is 267 Å². The van der Waals surface area contributed by atoms with Crippen LogP contribution in [0.2, 0.25) is 0 Å². The molecule has 5 aliphatic heterocycles. The van der Waals surface area contributed by atoms with Gasteiger partial charge in [-0.3, -0.25) is 81.7 Å². The van der Waals surface area contributed by atoms with Gasteiger partial charge in [0, 0.05) is 37.7 Å². The molecule has 0 aromatic carbocycles. The Labute approximate surface area is 618 Å². The number of fused-ring (bicyclic) bond motifs is 8. The molecule has 39 heteroatoms. The number of nitrogens with one attached hydrogen (secondary N) is 12. The second-order valence-corrected chi connectivity index (χ2v) is 30.3. The van der Waals surface area contributed by atoms with E-state index in [0.29, 0.717) is 12.8 Å². The third-order valence-electron chi connectivity index (χ3n) is 19.5. The Hall–Kier alpha value is -8.59. The summed E-state index contributed by atoms with van der Waals surface area (Å²) in [6.07, 6.45) is 1.11. The molecule has 0 radical (unpaired) electrons. The van der Waals surface area contributed by atoms with Crippen molar-refractivity contribution < 1.29 is 86.9 Å². The third kappa shape index (κ3) is 25.0. The van der Waals surface area contributed by atoms with Crippen molar-refractivity contribution in [2.45, 2.75) is 230 Å². The molecular formula is C66H109N19O18S2. The third-order valence-corrected chi connectivity index (χ3v) is 21.9. The van der Waals surface area contributed by atoms with Crippen LogP contribution in [0.5, 0.6) is 0 Å². The zero-order valence-electron chi connectivity index (χ0n) is 61.2. The lowest BCUT2D eigenvalue weighted by atomic mass is 9.96. The van der Waals surface area contributed by atoms with E-state index in [0.717, 1.165) is 21.6 Å². The van der Waals surface area contributed by atoms with E-state index in [4.69, 9.17) is 17.2 Å². The fourth-order valence-corrected chi connectivity index (χ4v) is 15.0. The van der Waals surface area contributed by atoms with Crippen LogP contribution in [0.25, 0.3) is 0 Å². The summed E-state index contributed by atoms with van der Waals surface area (Å²) in [5, 5.41) is 52.1. The van der Waals surface area contributed by atoms with Crippen LogP contribution < -0.4 is 81.0 Å². The zero-order valence-corrected chi connectivity index (χ0v) is 62.8. The summed E-state index contributed by atoms with van der Waals surface area (Å²) >= 11 is 0. The SMILES string of the molecule is CC[C@H](C)[C@@H]1NC(=O)[C@H](C)NC(=O)CNC(=O)C[C@@H](C(N)=O)NC(=O)[C@@H]2CCCN2C(=O)[C@H]([C@@H](C)CC)NC(=O)[C@@H]2CSSC[C@H](NC1=O)C(=O)N[C@@H](CO)C(=O)N[C@@H](CCCN=C(N)N)C(=O)N[C@@H](CO)C(=O)N[C@@H](CC(C)C)C(=O)N1CCC[C@H]1C(=O)N1CCC[C@H]1C(=O)N[C@@H]([C@@H](C)CC)C(=O)N2. The van der Waals surface area contributed by atoms with E-state index in [1.165, 1.54) is 21.6 Å². The normalized spacial score (nSPS) is 29.8. The van der Waals surface area contributed by atoms with Crippen molar-refractivity contribution in [3.63, 3.8) is 0 Å². The van der Waals surface area contributed by atoms with Crippen LogP contribution >= 0.6 is 21.6 Å². The first-order valence-electron chi connectivity index (χ1n) is 36.0. The van der Waals surface area contributed by atoms with Crippen molar-refractivity contribution in [3.8, 4) is 0 Å². The maximum atomic E-state index is 15.2. The second kappa shape index (κ2) is 41.9. The molecule has 0 saturated carbocycles. The molecule has 5 heterocycles. The first-order chi connectivity index (χ1) is 49.7. The molecule has 5 rings (SSSR count). The molecule has 5 aliphatic rings. The van der Waals surface area contributed by atoms with Crippen LogP contribution in [0.3, 0.4) is 0 Å². The number of guanidine groups is 1. The summed E-state index contributed by atoms with van der Waals surface area (Å²) < 4.78 is 0. The maximum absolute atomic E-state index is 15.2. The van der Waals surface area contributed by atoms with Crippen LogP contribution in [0.1, 0.15) is 146 Å². The summed E-state index contributed by atoms with van der Waals surface area (Å²) in [4.78, 5) is 237. The highest BCUT2D eigenvalue weighted by molar-refractivity contribution is 8.76. The Morgan fingerprint density at radius 3 is 1.41 bits per heavy atom. The summed E-state index contributed by atoms with van der Waals surface area (Å²) in [5.41, 5.74) is 16.8. The quantitative estimate of drug-likeness (QED) is 0.0314. The van der Waals surface area contributed by atoms with Crippen molar-refractivity contribution >= 4 is 122 Å². The molecule has 0 aromatic heterocycles. The number of rotatable bonds is 15. The fraction of sp³-hybridized carbons (Fsp3) is 0.742. The van der Waals surface area contributed by atoms with Crippen LogP contribution in [-0.2, 0) is 76.7 Å². The highest BCUT2D eigenvalue weighted by Crippen LogP contribution is 2.29. The molecule has 5 fully saturated rings. The van der Waals surface area contributed by atoms with Gasteiger partial charge in [0.15, 0.2) is 5.96 Å². The molecular weight excluding hydrogens is 1410 g/mol. The van der Waals surface area contributed by atoms with Crippen molar-refractivity contribution in [1.82, 2.24) is 78.5 Å². The summed E-state index contributed by atoms with van der Waals surface area (Å²) in [7, 11) is 1.71. The second-order valence-electron chi connectivity index (χ2n) is 27.8. The van der Waals surface area contributed by atoms with Crippen molar-refractivity contribution in [2.75, 3.05) is 57.4 Å². The number of aliphatic imine (C=N–C) groups is 1. The monoisotopic (exact) mass is 1520 g/mol. The molecule has 0 aromatic rings. The molecule has 0 unspecified atom stereocenters. The number of aliphatic hydroxyl groups excluding tert-OH is 2. The van der Waals surface area contributed by atoms with Gasteiger partial charge in [0.05, 0.1) is 26.2 Å². The number of carbonyl (C=O) groups excluding carboxylic acids is 16. The van der Waals surface area contributed by atoms with E-state index in [1.807, 2.05) is 0 Å². The van der Waals surface area contributed by atoms with E-state index >= 15 is 9.59 Å². The van der Waals surface area contributed by atoms with Gasteiger partial charge in [-0.1, -0.05) is 96.2 Å². The molecule has 37 nitrogen and oxygen atoms in total.